The highest BCUT2D eigenvalue weighted by atomic mass is 31.2. The first-order valence-corrected chi connectivity index (χ1v) is 9.57. The van der Waals surface area contributed by atoms with Crippen molar-refractivity contribution in [1.82, 2.24) is 0 Å². The number of nitriles is 1. The summed E-state index contributed by atoms with van der Waals surface area (Å²) in [5.41, 5.74) is 1.65. The largest absolute Gasteiger partial charge is 0.457 e. The Labute approximate surface area is 147 Å². The molecule has 6 heteroatoms. The van der Waals surface area contributed by atoms with E-state index in [1.54, 1.807) is 18.2 Å². The molecule has 2 rings (SSSR count). The van der Waals surface area contributed by atoms with Gasteiger partial charge in [-0.1, -0.05) is 32.0 Å². The minimum absolute atomic E-state index is 0.0790. The van der Waals surface area contributed by atoms with Crippen LogP contribution in [0.1, 0.15) is 30.5 Å². The number of hydrogen-bond acceptors (Lipinski definition) is 3. The van der Waals surface area contributed by atoms with E-state index in [4.69, 9.17) is 10.00 Å². The molecule has 0 bridgehead atoms. The zero-order valence-electron chi connectivity index (χ0n) is 14.1. The van der Waals surface area contributed by atoms with Gasteiger partial charge in [0.2, 0.25) is 0 Å². The van der Waals surface area contributed by atoms with Crippen molar-refractivity contribution in [3.8, 4) is 17.6 Å². The van der Waals surface area contributed by atoms with E-state index in [-0.39, 0.29) is 5.30 Å². The minimum atomic E-state index is -4.55. The molecule has 0 spiro atoms. The van der Waals surface area contributed by atoms with E-state index in [0.29, 0.717) is 35.5 Å². The summed E-state index contributed by atoms with van der Waals surface area (Å²) in [6.07, 6.45) is 3.66. The number of benzene rings is 2. The number of para-hydroxylation sites is 1. The van der Waals surface area contributed by atoms with Crippen LogP contribution in [0.5, 0.6) is 11.5 Å². The molecule has 0 amide bonds. The fraction of sp³-hybridized carbons (Fsp3) is 0.211. The molecule has 2 aromatic rings. The van der Waals surface area contributed by atoms with Crippen molar-refractivity contribution in [3.63, 3.8) is 0 Å². The number of aryl methyl sites for hydroxylation is 1. The van der Waals surface area contributed by atoms with E-state index >= 15 is 0 Å². The molecule has 0 radical (unpaired) electrons. The molecule has 0 atom stereocenters. The average molecular weight is 357 g/mol. The van der Waals surface area contributed by atoms with Crippen LogP contribution in [0.15, 0.2) is 42.5 Å². The van der Waals surface area contributed by atoms with Gasteiger partial charge >= 0.3 is 7.60 Å². The first-order valence-electron chi connectivity index (χ1n) is 7.96. The van der Waals surface area contributed by atoms with Gasteiger partial charge in [0.05, 0.1) is 11.4 Å². The van der Waals surface area contributed by atoms with Crippen molar-refractivity contribution in [1.29, 1.82) is 5.26 Å². The Morgan fingerprint density at radius 1 is 1.20 bits per heavy atom. The third kappa shape index (κ3) is 4.37. The van der Waals surface area contributed by atoms with Crippen LogP contribution in [-0.4, -0.2) is 9.79 Å². The molecule has 130 valence electrons. The zero-order chi connectivity index (χ0) is 18.4. The van der Waals surface area contributed by atoms with Crippen LogP contribution in [0.3, 0.4) is 0 Å². The Balaban J connectivity index is 2.76. The molecule has 0 aliphatic carbocycles. The van der Waals surface area contributed by atoms with E-state index in [1.807, 2.05) is 38.1 Å². The number of ether oxygens (including phenoxy) is 1. The highest BCUT2D eigenvalue weighted by Crippen LogP contribution is 2.42. The number of allylic oxidation sites excluding steroid dienone is 1. The van der Waals surface area contributed by atoms with Crippen LogP contribution in [0.25, 0.3) is 6.08 Å². The monoisotopic (exact) mass is 357 g/mol. The highest BCUT2D eigenvalue weighted by molar-refractivity contribution is 7.60. The SMILES string of the molecule is CCc1cc(C=CC#N)c(P(=O)(O)O)c(CC)c1Oc1ccccc1. The lowest BCUT2D eigenvalue weighted by molar-refractivity contribution is 0.386. The quantitative estimate of drug-likeness (QED) is 0.603. The number of rotatable bonds is 6. The van der Waals surface area contributed by atoms with Gasteiger partial charge in [0.1, 0.15) is 11.5 Å². The van der Waals surface area contributed by atoms with Gasteiger partial charge in [-0.3, -0.25) is 4.57 Å². The molecule has 0 fully saturated rings. The van der Waals surface area contributed by atoms with Crippen LogP contribution in [0.4, 0.5) is 0 Å². The molecule has 0 aromatic heterocycles. The topological polar surface area (TPSA) is 90.6 Å². The van der Waals surface area contributed by atoms with Crippen molar-refractivity contribution in [3.05, 3.63) is 59.2 Å². The molecule has 0 saturated carbocycles. The third-order valence-electron chi connectivity index (χ3n) is 3.78. The summed E-state index contributed by atoms with van der Waals surface area (Å²) >= 11 is 0. The molecule has 0 aliphatic heterocycles. The van der Waals surface area contributed by atoms with E-state index in [9.17, 15) is 14.4 Å². The van der Waals surface area contributed by atoms with Crippen molar-refractivity contribution < 1.29 is 19.1 Å². The Hall–Kier alpha value is -2.38. The van der Waals surface area contributed by atoms with Gasteiger partial charge in [0, 0.05) is 11.6 Å². The van der Waals surface area contributed by atoms with Crippen molar-refractivity contribution in [2.75, 3.05) is 0 Å². The van der Waals surface area contributed by atoms with Gasteiger partial charge in [-0.05, 0) is 48.2 Å². The lowest BCUT2D eigenvalue weighted by atomic mass is 9.99. The van der Waals surface area contributed by atoms with Crippen LogP contribution in [0, 0.1) is 11.3 Å². The second kappa shape index (κ2) is 8.13. The summed E-state index contributed by atoms with van der Waals surface area (Å²) in [5, 5.41) is 8.69. The van der Waals surface area contributed by atoms with Crippen LogP contribution >= 0.6 is 7.60 Å². The summed E-state index contributed by atoms with van der Waals surface area (Å²) in [5.74, 6) is 1.08. The van der Waals surface area contributed by atoms with Gasteiger partial charge in [-0.2, -0.15) is 5.26 Å². The van der Waals surface area contributed by atoms with E-state index in [2.05, 4.69) is 0 Å². The maximum absolute atomic E-state index is 12.1. The van der Waals surface area contributed by atoms with Crippen LogP contribution < -0.4 is 10.0 Å². The standard InChI is InChI=1S/C19H20NO4P/c1-3-14-13-15(9-8-12-20)19(25(21,22)23)17(4-2)18(14)24-16-10-6-5-7-11-16/h5-11,13H,3-4H2,1-2H3,(H2,21,22,23). The molecule has 0 heterocycles. The highest BCUT2D eigenvalue weighted by Gasteiger charge is 2.28. The Morgan fingerprint density at radius 2 is 1.88 bits per heavy atom. The molecular formula is C19H20NO4P. The zero-order valence-corrected chi connectivity index (χ0v) is 15.0. The summed E-state index contributed by atoms with van der Waals surface area (Å²) in [6.45, 7) is 3.77. The van der Waals surface area contributed by atoms with Crippen molar-refractivity contribution >= 4 is 19.0 Å². The molecule has 5 nitrogen and oxygen atoms in total. The van der Waals surface area contributed by atoms with Crippen molar-refractivity contribution in [2.45, 2.75) is 26.7 Å². The van der Waals surface area contributed by atoms with Gasteiger partial charge < -0.3 is 14.5 Å². The Bertz CT molecular complexity index is 863. The van der Waals surface area contributed by atoms with Gasteiger partial charge in [-0.15, -0.1) is 0 Å². The fourth-order valence-electron chi connectivity index (χ4n) is 2.72. The van der Waals surface area contributed by atoms with Crippen molar-refractivity contribution in [2.24, 2.45) is 0 Å². The second-order valence-corrected chi connectivity index (χ2v) is 6.95. The average Bonchev–Trinajstić information content (AvgIpc) is 2.59. The smallest absolute Gasteiger partial charge is 0.357 e. The first kappa shape index (κ1) is 19.0. The van der Waals surface area contributed by atoms with Crippen LogP contribution in [-0.2, 0) is 17.4 Å². The minimum Gasteiger partial charge on any atom is -0.457 e. The fourth-order valence-corrected chi connectivity index (χ4v) is 3.81. The lowest BCUT2D eigenvalue weighted by Gasteiger charge is -2.21. The molecule has 0 saturated heterocycles. The van der Waals surface area contributed by atoms with Crippen LogP contribution in [0.2, 0.25) is 0 Å². The summed E-state index contributed by atoms with van der Waals surface area (Å²) < 4.78 is 18.1. The van der Waals surface area contributed by atoms with Gasteiger partial charge in [0.25, 0.3) is 0 Å². The maximum atomic E-state index is 12.1. The number of hydrogen-bond donors (Lipinski definition) is 2. The normalized spacial score (nSPS) is 11.5. The molecule has 25 heavy (non-hydrogen) atoms. The summed E-state index contributed by atoms with van der Waals surface area (Å²) in [4.78, 5) is 19.7. The second-order valence-electron chi connectivity index (χ2n) is 5.41. The lowest BCUT2D eigenvalue weighted by Crippen LogP contribution is -2.17. The molecular weight excluding hydrogens is 337 g/mol. The van der Waals surface area contributed by atoms with E-state index < -0.39 is 7.60 Å². The maximum Gasteiger partial charge on any atom is 0.357 e. The molecule has 2 aromatic carbocycles. The molecule has 0 unspecified atom stereocenters. The van der Waals surface area contributed by atoms with Gasteiger partial charge in [0.15, 0.2) is 0 Å². The molecule has 0 aliphatic rings. The third-order valence-corrected chi connectivity index (χ3v) is 4.89. The predicted octanol–water partition coefficient (Wildman–Crippen LogP) is 3.94. The first-order chi connectivity index (χ1) is 11.9. The molecule has 2 N–H and O–H groups in total. The summed E-state index contributed by atoms with van der Waals surface area (Å²) in [6, 6.07) is 12.7. The van der Waals surface area contributed by atoms with E-state index in [1.165, 1.54) is 12.2 Å². The Kier molecular flexibility index (Phi) is 6.17. The van der Waals surface area contributed by atoms with Gasteiger partial charge in [-0.25, -0.2) is 0 Å². The predicted molar refractivity (Wildman–Crippen MR) is 98.0 cm³/mol. The van der Waals surface area contributed by atoms with E-state index in [0.717, 1.165) is 5.56 Å². The Morgan fingerprint density at radius 3 is 2.40 bits per heavy atom. The number of nitrogens with zero attached hydrogens (tertiary/aromatic N) is 1. The summed E-state index contributed by atoms with van der Waals surface area (Å²) in [7, 11) is -4.55.